The summed E-state index contributed by atoms with van der Waals surface area (Å²) < 4.78 is 9.76. The smallest absolute Gasteiger partial charge is 0.339 e. The third kappa shape index (κ3) is 5.85. The lowest BCUT2D eigenvalue weighted by molar-refractivity contribution is -0.145. The van der Waals surface area contributed by atoms with E-state index in [9.17, 15) is 14.4 Å². The van der Waals surface area contributed by atoms with Crippen molar-refractivity contribution >= 4 is 23.7 Å². The Morgan fingerprint density at radius 2 is 1.67 bits per heavy atom. The van der Waals surface area contributed by atoms with Crippen LogP contribution in [0.4, 0.5) is 10.5 Å². The number of ether oxygens (including phenoxy) is 2. The minimum atomic E-state index is -0.863. The Kier molecular flexibility index (Phi) is 7.37. The summed E-state index contributed by atoms with van der Waals surface area (Å²) in [5.41, 5.74) is 1.38. The van der Waals surface area contributed by atoms with Crippen molar-refractivity contribution in [3.8, 4) is 0 Å². The molecular weight excluding hydrogens is 348 g/mol. The Morgan fingerprint density at radius 3 is 2.33 bits per heavy atom. The number of benzene rings is 2. The summed E-state index contributed by atoms with van der Waals surface area (Å²) >= 11 is 0. The molecule has 0 fully saturated rings. The molecule has 7 nitrogen and oxygen atoms in total. The predicted octanol–water partition coefficient (Wildman–Crippen LogP) is 2.77. The molecule has 2 rings (SSSR count). The van der Waals surface area contributed by atoms with Gasteiger partial charge in [0, 0.05) is 6.42 Å². The Hall–Kier alpha value is -3.35. The van der Waals surface area contributed by atoms with Crippen molar-refractivity contribution in [2.45, 2.75) is 19.4 Å². The predicted molar refractivity (Wildman–Crippen MR) is 101 cm³/mol. The van der Waals surface area contributed by atoms with Crippen molar-refractivity contribution in [3.63, 3.8) is 0 Å². The number of hydrogen-bond donors (Lipinski definition) is 2. The van der Waals surface area contributed by atoms with Crippen molar-refractivity contribution < 1.29 is 23.9 Å². The van der Waals surface area contributed by atoms with Crippen LogP contribution in [0.15, 0.2) is 54.6 Å². The van der Waals surface area contributed by atoms with E-state index in [1.165, 1.54) is 13.2 Å². The largest absolute Gasteiger partial charge is 0.465 e. The number of amides is 2. The fourth-order valence-corrected chi connectivity index (χ4v) is 2.48. The summed E-state index contributed by atoms with van der Waals surface area (Å²) in [6.07, 6.45) is 0.283. The summed E-state index contributed by atoms with van der Waals surface area (Å²) in [6, 6.07) is 14.2. The Labute approximate surface area is 157 Å². The van der Waals surface area contributed by atoms with Crippen molar-refractivity contribution in [3.05, 3.63) is 65.7 Å². The average molecular weight is 370 g/mol. The summed E-state index contributed by atoms with van der Waals surface area (Å²) in [5, 5.41) is 5.19. The van der Waals surface area contributed by atoms with Crippen LogP contribution in [0, 0.1) is 0 Å². The molecule has 2 aromatic carbocycles. The van der Waals surface area contributed by atoms with Gasteiger partial charge in [0.2, 0.25) is 0 Å². The molecule has 2 aromatic rings. The van der Waals surface area contributed by atoms with Gasteiger partial charge in [-0.15, -0.1) is 0 Å². The van der Waals surface area contributed by atoms with Crippen LogP contribution in [-0.4, -0.2) is 37.7 Å². The van der Waals surface area contributed by atoms with Gasteiger partial charge in [0.25, 0.3) is 0 Å². The first-order valence-electron chi connectivity index (χ1n) is 8.50. The first-order valence-corrected chi connectivity index (χ1v) is 8.50. The van der Waals surface area contributed by atoms with E-state index in [2.05, 4.69) is 10.6 Å². The molecule has 0 aliphatic carbocycles. The van der Waals surface area contributed by atoms with E-state index in [0.717, 1.165) is 5.56 Å². The number of urea groups is 1. The molecular formula is C20H22N2O5. The molecule has 0 aliphatic rings. The van der Waals surface area contributed by atoms with Gasteiger partial charge < -0.3 is 20.1 Å². The average Bonchev–Trinajstić information content (AvgIpc) is 2.68. The first kappa shape index (κ1) is 20.0. The second-order valence-electron chi connectivity index (χ2n) is 5.63. The number of carbonyl (C=O) groups excluding carboxylic acids is 3. The fraction of sp³-hybridized carbons (Fsp3) is 0.250. The maximum absolute atomic E-state index is 12.4. The highest BCUT2D eigenvalue weighted by atomic mass is 16.5. The van der Waals surface area contributed by atoms with Crippen molar-refractivity contribution in [1.29, 1.82) is 0 Å². The van der Waals surface area contributed by atoms with Gasteiger partial charge in [-0.1, -0.05) is 42.5 Å². The molecule has 0 aliphatic heterocycles. The number of methoxy groups -OCH3 is 1. The maximum atomic E-state index is 12.4. The molecule has 27 heavy (non-hydrogen) atoms. The highest BCUT2D eigenvalue weighted by molar-refractivity contribution is 6.01. The van der Waals surface area contributed by atoms with E-state index >= 15 is 0 Å². The zero-order chi connectivity index (χ0) is 19.6. The lowest BCUT2D eigenvalue weighted by Gasteiger charge is -2.18. The van der Waals surface area contributed by atoms with Crippen LogP contribution in [0.3, 0.4) is 0 Å². The third-order valence-electron chi connectivity index (χ3n) is 3.74. The zero-order valence-electron chi connectivity index (χ0n) is 15.2. The number of anilines is 1. The SMILES string of the molecule is CCOC(=O)C(Cc1ccccc1)NC(=O)Nc1ccccc1C(=O)OC. The van der Waals surface area contributed by atoms with Gasteiger partial charge in [-0.05, 0) is 24.6 Å². The van der Waals surface area contributed by atoms with Crippen molar-refractivity contribution in [2.24, 2.45) is 0 Å². The number of hydrogen-bond acceptors (Lipinski definition) is 5. The second kappa shape index (κ2) is 9.96. The van der Waals surface area contributed by atoms with Crippen LogP contribution in [-0.2, 0) is 20.7 Å². The van der Waals surface area contributed by atoms with Gasteiger partial charge in [0.15, 0.2) is 0 Å². The summed E-state index contributed by atoms with van der Waals surface area (Å²) in [5.74, 6) is -1.10. The molecule has 0 heterocycles. The van der Waals surface area contributed by atoms with Gasteiger partial charge in [0.1, 0.15) is 6.04 Å². The fourth-order valence-electron chi connectivity index (χ4n) is 2.48. The van der Waals surface area contributed by atoms with E-state index in [4.69, 9.17) is 9.47 Å². The van der Waals surface area contributed by atoms with E-state index < -0.39 is 24.0 Å². The quantitative estimate of drug-likeness (QED) is 0.731. The van der Waals surface area contributed by atoms with E-state index in [1.54, 1.807) is 25.1 Å². The highest BCUT2D eigenvalue weighted by Crippen LogP contribution is 2.16. The van der Waals surface area contributed by atoms with Crippen molar-refractivity contribution in [2.75, 3.05) is 19.0 Å². The van der Waals surface area contributed by atoms with Gasteiger partial charge in [-0.3, -0.25) is 0 Å². The maximum Gasteiger partial charge on any atom is 0.339 e. The van der Waals surface area contributed by atoms with Crippen LogP contribution < -0.4 is 10.6 Å². The van der Waals surface area contributed by atoms with E-state index in [-0.39, 0.29) is 24.3 Å². The Bertz CT molecular complexity index is 792. The molecule has 0 saturated carbocycles. The number of rotatable bonds is 7. The van der Waals surface area contributed by atoms with Crippen LogP contribution in [0.1, 0.15) is 22.8 Å². The van der Waals surface area contributed by atoms with Crippen molar-refractivity contribution in [1.82, 2.24) is 5.32 Å². The van der Waals surface area contributed by atoms with E-state index in [1.807, 2.05) is 30.3 Å². The van der Waals surface area contributed by atoms with Crippen LogP contribution in [0.2, 0.25) is 0 Å². The molecule has 2 N–H and O–H groups in total. The summed E-state index contributed by atoms with van der Waals surface area (Å²) in [4.78, 5) is 36.4. The third-order valence-corrected chi connectivity index (χ3v) is 3.74. The molecule has 0 saturated heterocycles. The molecule has 1 unspecified atom stereocenters. The van der Waals surface area contributed by atoms with Gasteiger partial charge in [-0.25, -0.2) is 14.4 Å². The van der Waals surface area contributed by atoms with Crippen LogP contribution in [0.25, 0.3) is 0 Å². The summed E-state index contributed by atoms with van der Waals surface area (Å²) in [7, 11) is 1.26. The molecule has 1 atom stereocenters. The molecule has 0 spiro atoms. The zero-order valence-corrected chi connectivity index (χ0v) is 15.2. The Morgan fingerprint density at radius 1 is 1.00 bits per heavy atom. The van der Waals surface area contributed by atoms with Crippen LogP contribution in [0.5, 0.6) is 0 Å². The number of para-hydroxylation sites is 1. The van der Waals surface area contributed by atoms with E-state index in [0.29, 0.717) is 0 Å². The molecule has 7 heteroatoms. The van der Waals surface area contributed by atoms with Crippen LogP contribution >= 0.6 is 0 Å². The summed E-state index contributed by atoms with van der Waals surface area (Å²) in [6.45, 7) is 1.91. The molecule has 0 bridgehead atoms. The first-order chi connectivity index (χ1) is 13.0. The van der Waals surface area contributed by atoms with Gasteiger partial charge in [0.05, 0.1) is 25.0 Å². The molecule has 2 amide bonds. The number of esters is 2. The van der Waals surface area contributed by atoms with Gasteiger partial charge in [-0.2, -0.15) is 0 Å². The highest BCUT2D eigenvalue weighted by Gasteiger charge is 2.23. The van der Waals surface area contributed by atoms with Gasteiger partial charge >= 0.3 is 18.0 Å². The Balaban J connectivity index is 2.11. The standard InChI is InChI=1S/C20H22N2O5/c1-3-27-19(24)17(13-14-9-5-4-6-10-14)22-20(25)21-16-12-8-7-11-15(16)18(23)26-2/h4-12,17H,3,13H2,1-2H3,(H2,21,22,25). The lowest BCUT2D eigenvalue weighted by atomic mass is 10.1. The minimum absolute atomic E-state index is 0.207. The molecule has 0 radical (unpaired) electrons. The normalized spacial score (nSPS) is 11.2. The topological polar surface area (TPSA) is 93.7 Å². The molecule has 0 aromatic heterocycles. The lowest BCUT2D eigenvalue weighted by Crippen LogP contribution is -2.45. The minimum Gasteiger partial charge on any atom is -0.465 e. The second-order valence-corrected chi connectivity index (χ2v) is 5.63. The number of nitrogens with one attached hydrogen (secondary N) is 2. The monoisotopic (exact) mass is 370 g/mol. The number of carbonyl (C=O) groups is 3. The molecule has 142 valence electrons.